The van der Waals surface area contributed by atoms with Crippen LogP contribution in [0.25, 0.3) is 0 Å². The molecule has 1 aromatic heterocycles. The van der Waals surface area contributed by atoms with Crippen LogP contribution >= 0.6 is 0 Å². The van der Waals surface area contributed by atoms with Gasteiger partial charge in [0.05, 0.1) is 5.56 Å². The van der Waals surface area contributed by atoms with Gasteiger partial charge in [0, 0.05) is 18.4 Å². The Balaban J connectivity index is 2.04. The highest BCUT2D eigenvalue weighted by Crippen LogP contribution is 2.33. The molecule has 0 aromatic carbocycles. The summed E-state index contributed by atoms with van der Waals surface area (Å²) in [7, 11) is 0. The van der Waals surface area contributed by atoms with E-state index in [2.05, 4.69) is 31.1 Å². The third-order valence-corrected chi connectivity index (χ3v) is 4.26. The first-order valence-corrected chi connectivity index (χ1v) is 7.28. The number of nitrogens with one attached hydrogen (secondary N) is 1. The smallest absolute Gasteiger partial charge is 0.253 e. The first-order chi connectivity index (χ1) is 9.08. The maximum atomic E-state index is 12.2. The third kappa shape index (κ3) is 3.55. The minimum Gasteiger partial charge on any atom is -0.349 e. The zero-order chi connectivity index (χ0) is 13.8. The van der Waals surface area contributed by atoms with Gasteiger partial charge in [-0.25, -0.2) is 0 Å². The van der Waals surface area contributed by atoms with E-state index in [1.54, 1.807) is 18.5 Å². The average molecular weight is 260 g/mol. The summed E-state index contributed by atoms with van der Waals surface area (Å²) < 4.78 is 0. The van der Waals surface area contributed by atoms with Crippen LogP contribution in [0, 0.1) is 17.8 Å². The van der Waals surface area contributed by atoms with Crippen molar-refractivity contribution in [2.75, 3.05) is 0 Å². The molecule has 2 rings (SSSR count). The number of aromatic nitrogens is 1. The van der Waals surface area contributed by atoms with E-state index in [0.29, 0.717) is 29.4 Å². The predicted octanol–water partition coefficient (Wildman–Crippen LogP) is 3.27. The molecule has 1 aliphatic carbocycles. The first-order valence-electron chi connectivity index (χ1n) is 7.28. The Morgan fingerprint density at radius 1 is 1.42 bits per heavy atom. The van der Waals surface area contributed by atoms with Gasteiger partial charge in [-0.3, -0.25) is 9.78 Å². The monoisotopic (exact) mass is 260 g/mol. The van der Waals surface area contributed by atoms with Crippen molar-refractivity contribution in [3.8, 4) is 0 Å². The lowest BCUT2D eigenvalue weighted by molar-refractivity contribution is 0.0867. The van der Waals surface area contributed by atoms with Gasteiger partial charge in [0.25, 0.3) is 5.91 Å². The minimum absolute atomic E-state index is 0.0119. The molecule has 3 atom stereocenters. The second kappa shape index (κ2) is 6.18. The molecule has 1 aromatic rings. The van der Waals surface area contributed by atoms with Crippen molar-refractivity contribution in [1.29, 1.82) is 0 Å². The van der Waals surface area contributed by atoms with Gasteiger partial charge in [-0.1, -0.05) is 27.2 Å². The van der Waals surface area contributed by atoms with E-state index in [1.165, 1.54) is 12.8 Å². The Labute approximate surface area is 115 Å². The van der Waals surface area contributed by atoms with Crippen molar-refractivity contribution in [3.05, 3.63) is 30.1 Å². The summed E-state index contributed by atoms with van der Waals surface area (Å²) in [5, 5.41) is 3.22. The molecule has 104 valence electrons. The molecule has 3 heteroatoms. The summed E-state index contributed by atoms with van der Waals surface area (Å²) in [6.45, 7) is 6.79. The molecule has 1 amide bonds. The number of hydrogen-bond donors (Lipinski definition) is 1. The van der Waals surface area contributed by atoms with Gasteiger partial charge < -0.3 is 5.32 Å². The van der Waals surface area contributed by atoms with Gasteiger partial charge in [0.1, 0.15) is 0 Å². The molecule has 1 heterocycles. The van der Waals surface area contributed by atoms with Gasteiger partial charge >= 0.3 is 0 Å². The van der Waals surface area contributed by atoms with Gasteiger partial charge in [-0.2, -0.15) is 0 Å². The fourth-order valence-corrected chi connectivity index (χ4v) is 3.12. The van der Waals surface area contributed by atoms with Crippen molar-refractivity contribution in [1.82, 2.24) is 10.3 Å². The standard InChI is InChI=1S/C16H24N2O/c1-11(2)14-7-6-12(3)9-15(14)18-16(19)13-5-4-8-17-10-13/h4-5,8,10-12,14-15H,6-7,9H2,1-3H3,(H,18,19)/t12-,14-,15-/m1/s1. The lowest BCUT2D eigenvalue weighted by Gasteiger charge is -2.37. The number of hydrogen-bond acceptors (Lipinski definition) is 2. The highest BCUT2D eigenvalue weighted by molar-refractivity contribution is 5.94. The second-order valence-corrected chi connectivity index (χ2v) is 6.15. The molecule has 3 nitrogen and oxygen atoms in total. The summed E-state index contributed by atoms with van der Waals surface area (Å²) in [6, 6.07) is 3.92. The lowest BCUT2D eigenvalue weighted by Crippen LogP contribution is -2.45. The number of carbonyl (C=O) groups excluding carboxylic acids is 1. The summed E-state index contributed by atoms with van der Waals surface area (Å²) in [5.41, 5.74) is 0.656. The SMILES string of the molecule is CC(C)[C@H]1CC[C@@H](C)C[C@H]1NC(=O)c1cccnc1. The van der Waals surface area contributed by atoms with Crippen LogP contribution in [0.15, 0.2) is 24.5 Å². The Morgan fingerprint density at radius 3 is 2.84 bits per heavy atom. The molecule has 0 radical (unpaired) electrons. The fourth-order valence-electron chi connectivity index (χ4n) is 3.12. The van der Waals surface area contributed by atoms with Gasteiger partial charge in [-0.15, -0.1) is 0 Å². The Morgan fingerprint density at radius 2 is 2.21 bits per heavy atom. The molecule has 0 saturated heterocycles. The highest BCUT2D eigenvalue weighted by atomic mass is 16.1. The maximum Gasteiger partial charge on any atom is 0.253 e. The summed E-state index contributed by atoms with van der Waals surface area (Å²) >= 11 is 0. The second-order valence-electron chi connectivity index (χ2n) is 6.15. The predicted molar refractivity (Wildman–Crippen MR) is 76.8 cm³/mol. The molecule has 1 N–H and O–H groups in total. The summed E-state index contributed by atoms with van der Waals surface area (Å²) in [5.74, 6) is 1.93. The molecule has 0 spiro atoms. The molecule has 1 fully saturated rings. The molecule has 0 bridgehead atoms. The van der Waals surface area contributed by atoms with Crippen molar-refractivity contribution >= 4 is 5.91 Å². The quantitative estimate of drug-likeness (QED) is 0.906. The van der Waals surface area contributed by atoms with Gasteiger partial charge in [0.15, 0.2) is 0 Å². The first kappa shape index (κ1) is 14.0. The zero-order valence-electron chi connectivity index (χ0n) is 12.1. The van der Waals surface area contributed by atoms with Crippen molar-refractivity contribution in [2.24, 2.45) is 17.8 Å². The van der Waals surface area contributed by atoms with Crippen LogP contribution in [0.5, 0.6) is 0 Å². The Kier molecular flexibility index (Phi) is 4.56. The Bertz CT molecular complexity index is 416. The molecule has 19 heavy (non-hydrogen) atoms. The highest BCUT2D eigenvalue weighted by Gasteiger charge is 2.31. The van der Waals surface area contributed by atoms with E-state index in [0.717, 1.165) is 6.42 Å². The van der Waals surface area contributed by atoms with E-state index >= 15 is 0 Å². The van der Waals surface area contributed by atoms with Crippen molar-refractivity contribution in [2.45, 2.75) is 46.1 Å². The molecule has 0 aliphatic heterocycles. The number of rotatable bonds is 3. The topological polar surface area (TPSA) is 42.0 Å². The lowest BCUT2D eigenvalue weighted by atomic mass is 9.74. The van der Waals surface area contributed by atoms with Crippen LogP contribution in [0.2, 0.25) is 0 Å². The molecule has 1 aliphatic rings. The van der Waals surface area contributed by atoms with E-state index in [9.17, 15) is 4.79 Å². The van der Waals surface area contributed by atoms with Gasteiger partial charge in [-0.05, 0) is 42.7 Å². The van der Waals surface area contributed by atoms with Crippen LogP contribution < -0.4 is 5.32 Å². The third-order valence-electron chi connectivity index (χ3n) is 4.26. The summed E-state index contributed by atoms with van der Waals surface area (Å²) in [4.78, 5) is 16.2. The zero-order valence-corrected chi connectivity index (χ0v) is 12.1. The minimum atomic E-state index is 0.0119. The number of nitrogens with zero attached hydrogens (tertiary/aromatic N) is 1. The van der Waals surface area contributed by atoms with E-state index in [-0.39, 0.29) is 5.91 Å². The van der Waals surface area contributed by atoms with Crippen molar-refractivity contribution < 1.29 is 4.79 Å². The van der Waals surface area contributed by atoms with Crippen molar-refractivity contribution in [3.63, 3.8) is 0 Å². The molecular weight excluding hydrogens is 236 g/mol. The Hall–Kier alpha value is -1.38. The van der Waals surface area contributed by atoms with E-state index in [1.807, 2.05) is 6.07 Å². The number of carbonyl (C=O) groups is 1. The van der Waals surface area contributed by atoms with Crippen LogP contribution in [-0.4, -0.2) is 16.9 Å². The largest absolute Gasteiger partial charge is 0.349 e. The van der Waals surface area contributed by atoms with E-state index in [4.69, 9.17) is 0 Å². The van der Waals surface area contributed by atoms with Crippen LogP contribution in [-0.2, 0) is 0 Å². The van der Waals surface area contributed by atoms with Crippen LogP contribution in [0.1, 0.15) is 50.4 Å². The van der Waals surface area contributed by atoms with E-state index < -0.39 is 0 Å². The summed E-state index contributed by atoms with van der Waals surface area (Å²) in [6.07, 6.45) is 6.91. The fraction of sp³-hybridized carbons (Fsp3) is 0.625. The number of pyridine rings is 1. The van der Waals surface area contributed by atoms with Gasteiger partial charge in [0.2, 0.25) is 0 Å². The number of amides is 1. The molecular formula is C16H24N2O. The van der Waals surface area contributed by atoms with Crippen LogP contribution in [0.3, 0.4) is 0 Å². The average Bonchev–Trinajstić information content (AvgIpc) is 2.39. The molecule has 1 saturated carbocycles. The molecule has 0 unspecified atom stereocenters. The maximum absolute atomic E-state index is 12.2. The van der Waals surface area contributed by atoms with Crippen LogP contribution in [0.4, 0.5) is 0 Å². The normalized spacial score (nSPS) is 27.3.